The molecule has 1 heterocycles. The number of ether oxygens (including phenoxy) is 1. The van der Waals surface area contributed by atoms with E-state index in [0.29, 0.717) is 22.9 Å². The van der Waals surface area contributed by atoms with Gasteiger partial charge in [-0.1, -0.05) is 23.7 Å². The summed E-state index contributed by atoms with van der Waals surface area (Å²) in [5.74, 6) is 1.35. The van der Waals surface area contributed by atoms with E-state index in [9.17, 15) is 0 Å². The van der Waals surface area contributed by atoms with Gasteiger partial charge < -0.3 is 14.3 Å². The third-order valence-corrected chi connectivity index (χ3v) is 3.80. The number of benzene rings is 2. The van der Waals surface area contributed by atoms with Crippen molar-refractivity contribution in [2.75, 3.05) is 20.3 Å². The third-order valence-electron chi connectivity index (χ3n) is 3.47. The Morgan fingerprint density at radius 3 is 2.74 bits per heavy atom. The molecule has 4 nitrogen and oxygen atoms in total. The van der Waals surface area contributed by atoms with E-state index in [4.69, 9.17) is 25.9 Å². The number of rotatable bonds is 4. The molecular weight excluding hydrogens is 314 g/mol. The molecule has 0 amide bonds. The monoisotopic (exact) mass is 329 g/mol. The number of nitrogens with zero attached hydrogens (tertiary/aromatic N) is 1. The second-order valence-electron chi connectivity index (χ2n) is 4.94. The van der Waals surface area contributed by atoms with Gasteiger partial charge in [0, 0.05) is 17.0 Å². The lowest BCUT2D eigenvalue weighted by atomic mass is 10.1. The highest BCUT2D eigenvalue weighted by molar-refractivity contribution is 6.33. The Balaban J connectivity index is 2.28. The number of aliphatic hydroxyl groups is 1. The fourth-order valence-corrected chi connectivity index (χ4v) is 2.60. The second kappa shape index (κ2) is 6.86. The Morgan fingerprint density at radius 1 is 1.17 bits per heavy atom. The number of fused-ring (bicyclic) bond motifs is 1. The van der Waals surface area contributed by atoms with E-state index in [1.54, 1.807) is 7.11 Å². The van der Waals surface area contributed by atoms with Crippen molar-refractivity contribution in [1.29, 1.82) is 0 Å². The molecule has 0 fully saturated rings. The van der Waals surface area contributed by atoms with Crippen LogP contribution in [0.15, 0.2) is 57.9 Å². The van der Waals surface area contributed by atoms with Gasteiger partial charge in [-0.3, -0.25) is 4.99 Å². The van der Waals surface area contributed by atoms with Gasteiger partial charge in [0.1, 0.15) is 17.1 Å². The fourth-order valence-electron chi connectivity index (χ4n) is 2.37. The van der Waals surface area contributed by atoms with Gasteiger partial charge in [0.2, 0.25) is 0 Å². The van der Waals surface area contributed by atoms with Gasteiger partial charge in [-0.15, -0.1) is 0 Å². The molecule has 0 spiro atoms. The van der Waals surface area contributed by atoms with Crippen LogP contribution in [0.25, 0.3) is 22.3 Å². The summed E-state index contributed by atoms with van der Waals surface area (Å²) in [6.45, 7) is 0.303. The summed E-state index contributed by atoms with van der Waals surface area (Å²) in [4.78, 5) is 4.44. The summed E-state index contributed by atoms with van der Waals surface area (Å²) in [6, 6.07) is 14.9. The van der Waals surface area contributed by atoms with Crippen LogP contribution in [0.4, 0.5) is 0 Å². The molecule has 3 rings (SSSR count). The van der Waals surface area contributed by atoms with Gasteiger partial charge in [0.25, 0.3) is 0 Å². The van der Waals surface area contributed by atoms with Crippen LogP contribution < -0.4 is 10.1 Å². The summed E-state index contributed by atoms with van der Waals surface area (Å²) in [5, 5.41) is 11.2. The lowest BCUT2D eigenvalue weighted by Crippen LogP contribution is -2.06. The molecule has 1 aromatic heterocycles. The van der Waals surface area contributed by atoms with Gasteiger partial charge in [-0.2, -0.15) is 0 Å². The Bertz CT molecular complexity index is 902. The summed E-state index contributed by atoms with van der Waals surface area (Å²) in [5.41, 5.74) is 1.48. The zero-order chi connectivity index (χ0) is 16.2. The summed E-state index contributed by atoms with van der Waals surface area (Å²) in [7, 11) is 1.61. The molecule has 0 radical (unpaired) electrons. The molecule has 0 saturated carbocycles. The zero-order valence-electron chi connectivity index (χ0n) is 12.6. The molecule has 0 bridgehead atoms. The van der Waals surface area contributed by atoms with E-state index in [0.717, 1.165) is 22.1 Å². The number of aliphatic hydroxyl groups excluding tert-OH is 1. The lowest BCUT2D eigenvalue weighted by Gasteiger charge is -2.08. The minimum atomic E-state index is -0.0150. The first-order valence-corrected chi connectivity index (χ1v) is 7.59. The van der Waals surface area contributed by atoms with Crippen molar-refractivity contribution in [3.63, 3.8) is 0 Å². The molecule has 1 N–H and O–H groups in total. The Labute approximate surface area is 138 Å². The largest absolute Gasteiger partial charge is 0.497 e. The maximum atomic E-state index is 9.07. The third kappa shape index (κ3) is 3.23. The van der Waals surface area contributed by atoms with Crippen molar-refractivity contribution in [3.8, 4) is 17.1 Å². The molecule has 118 valence electrons. The number of halogens is 1. The standard InChI is InChI=1S/C18H16ClNO3/c1-22-12-6-7-17-14(10-12)16(20-8-9-21)11-18(23-17)13-4-2-3-5-15(13)19/h2-7,10-11,21H,8-9H2,1H3. The predicted molar refractivity (Wildman–Crippen MR) is 90.7 cm³/mol. The molecule has 3 aromatic rings. The number of hydrogen-bond acceptors (Lipinski definition) is 4. The second-order valence-corrected chi connectivity index (χ2v) is 5.35. The molecule has 0 saturated heterocycles. The van der Waals surface area contributed by atoms with E-state index in [2.05, 4.69) is 4.99 Å². The van der Waals surface area contributed by atoms with Gasteiger partial charge in [-0.05, 0) is 30.3 Å². The quantitative estimate of drug-likeness (QED) is 0.794. The first-order valence-electron chi connectivity index (χ1n) is 7.21. The van der Waals surface area contributed by atoms with E-state index >= 15 is 0 Å². The lowest BCUT2D eigenvalue weighted by molar-refractivity contribution is 0.306. The van der Waals surface area contributed by atoms with Crippen molar-refractivity contribution >= 4 is 22.6 Å². The van der Waals surface area contributed by atoms with Crippen LogP contribution in [0.2, 0.25) is 5.02 Å². The van der Waals surface area contributed by atoms with E-state index in [1.165, 1.54) is 0 Å². The van der Waals surface area contributed by atoms with Crippen LogP contribution in [0.5, 0.6) is 5.75 Å². The highest BCUT2D eigenvalue weighted by Crippen LogP contribution is 2.29. The molecular formula is C18H16ClNO3. The average Bonchev–Trinajstić information content (AvgIpc) is 2.59. The number of hydrogen-bond donors (Lipinski definition) is 1. The molecule has 23 heavy (non-hydrogen) atoms. The van der Waals surface area contributed by atoms with Crippen LogP contribution in [-0.4, -0.2) is 25.4 Å². The number of methoxy groups -OCH3 is 1. The molecule has 0 unspecified atom stereocenters. The summed E-state index contributed by atoms with van der Waals surface area (Å²) >= 11 is 6.26. The highest BCUT2D eigenvalue weighted by atomic mass is 35.5. The van der Waals surface area contributed by atoms with Gasteiger partial charge in [0.05, 0.1) is 30.6 Å². The van der Waals surface area contributed by atoms with Crippen molar-refractivity contribution < 1.29 is 14.3 Å². The van der Waals surface area contributed by atoms with Crippen LogP contribution in [0.1, 0.15) is 0 Å². The molecule has 0 aliphatic heterocycles. The van der Waals surface area contributed by atoms with E-state index in [1.807, 2.05) is 48.5 Å². The van der Waals surface area contributed by atoms with Crippen molar-refractivity contribution in [2.24, 2.45) is 4.99 Å². The molecule has 0 atom stereocenters. The van der Waals surface area contributed by atoms with E-state index in [-0.39, 0.29) is 6.61 Å². The topological polar surface area (TPSA) is 55.0 Å². The zero-order valence-corrected chi connectivity index (χ0v) is 13.4. The maximum absolute atomic E-state index is 9.07. The van der Waals surface area contributed by atoms with Gasteiger partial charge >= 0.3 is 0 Å². The molecule has 0 aliphatic carbocycles. The minimum Gasteiger partial charge on any atom is -0.497 e. The predicted octanol–water partition coefficient (Wildman–Crippen LogP) is 3.65. The Kier molecular flexibility index (Phi) is 4.65. The average molecular weight is 330 g/mol. The SMILES string of the molecule is COc1ccc2oc(-c3ccccc3Cl)cc(=NCCO)c2c1. The van der Waals surface area contributed by atoms with Crippen molar-refractivity contribution in [1.82, 2.24) is 0 Å². The smallest absolute Gasteiger partial charge is 0.138 e. The summed E-state index contributed by atoms with van der Waals surface area (Å²) < 4.78 is 11.2. The fraction of sp³-hybridized carbons (Fsp3) is 0.167. The normalized spacial score (nSPS) is 11.9. The van der Waals surface area contributed by atoms with Crippen LogP contribution in [-0.2, 0) is 0 Å². The van der Waals surface area contributed by atoms with Gasteiger partial charge in [0.15, 0.2) is 0 Å². The van der Waals surface area contributed by atoms with Crippen LogP contribution in [0, 0.1) is 0 Å². The maximum Gasteiger partial charge on any atom is 0.138 e. The Hall–Kier alpha value is -2.30. The highest BCUT2D eigenvalue weighted by Gasteiger charge is 2.09. The van der Waals surface area contributed by atoms with Crippen molar-refractivity contribution in [3.05, 3.63) is 58.9 Å². The van der Waals surface area contributed by atoms with Crippen LogP contribution in [0.3, 0.4) is 0 Å². The minimum absolute atomic E-state index is 0.0150. The molecule has 0 aliphatic rings. The van der Waals surface area contributed by atoms with Gasteiger partial charge in [-0.25, -0.2) is 0 Å². The first kappa shape index (κ1) is 15.6. The first-order chi connectivity index (χ1) is 11.2. The summed E-state index contributed by atoms with van der Waals surface area (Å²) in [6.07, 6.45) is 0. The molecule has 2 aromatic carbocycles. The van der Waals surface area contributed by atoms with Crippen molar-refractivity contribution in [2.45, 2.75) is 0 Å². The van der Waals surface area contributed by atoms with E-state index < -0.39 is 0 Å². The Morgan fingerprint density at radius 2 is 2.00 bits per heavy atom. The van der Waals surface area contributed by atoms with Crippen LogP contribution >= 0.6 is 11.6 Å². The molecule has 5 heteroatoms.